The molecule has 0 N–H and O–H groups in total. The SMILES string of the molecule is O=Cc1cccnc1-c1ccc(Cl)c(Cl)c1Cl. The number of aldehydes is 1. The highest BCUT2D eigenvalue weighted by Crippen LogP contribution is 2.37. The van der Waals surface area contributed by atoms with Crippen molar-refractivity contribution in [2.75, 3.05) is 0 Å². The molecule has 2 rings (SSSR count). The molecule has 86 valence electrons. The summed E-state index contributed by atoms with van der Waals surface area (Å²) >= 11 is 17.9. The van der Waals surface area contributed by atoms with Crippen LogP contribution in [0.5, 0.6) is 0 Å². The van der Waals surface area contributed by atoms with E-state index in [1.54, 1.807) is 30.5 Å². The highest BCUT2D eigenvalue weighted by molar-refractivity contribution is 6.49. The summed E-state index contributed by atoms with van der Waals surface area (Å²) in [5.74, 6) is 0. The predicted octanol–water partition coefficient (Wildman–Crippen LogP) is 4.52. The summed E-state index contributed by atoms with van der Waals surface area (Å²) in [5.41, 5.74) is 1.53. The summed E-state index contributed by atoms with van der Waals surface area (Å²) in [4.78, 5) is 15.1. The van der Waals surface area contributed by atoms with Crippen LogP contribution in [0.15, 0.2) is 30.5 Å². The van der Waals surface area contributed by atoms with Gasteiger partial charge in [0.2, 0.25) is 0 Å². The van der Waals surface area contributed by atoms with Crippen LogP contribution in [0.4, 0.5) is 0 Å². The molecule has 17 heavy (non-hydrogen) atoms. The quantitative estimate of drug-likeness (QED) is 0.600. The summed E-state index contributed by atoms with van der Waals surface area (Å²) in [5, 5.41) is 0.915. The molecule has 0 fully saturated rings. The van der Waals surface area contributed by atoms with Gasteiger partial charge in [-0.3, -0.25) is 9.78 Å². The third kappa shape index (κ3) is 2.29. The van der Waals surface area contributed by atoms with E-state index in [4.69, 9.17) is 34.8 Å². The van der Waals surface area contributed by atoms with Gasteiger partial charge in [0.25, 0.3) is 0 Å². The second-order valence-electron chi connectivity index (χ2n) is 3.28. The Balaban J connectivity index is 2.69. The zero-order valence-corrected chi connectivity index (χ0v) is 10.7. The molecular weight excluding hydrogens is 280 g/mol. The van der Waals surface area contributed by atoms with Gasteiger partial charge in [0.05, 0.1) is 20.8 Å². The van der Waals surface area contributed by atoms with E-state index < -0.39 is 0 Å². The Hall–Kier alpha value is -1.09. The molecule has 0 atom stereocenters. The van der Waals surface area contributed by atoms with E-state index in [1.807, 2.05) is 0 Å². The summed E-state index contributed by atoms with van der Waals surface area (Å²) < 4.78 is 0. The Morgan fingerprint density at radius 1 is 1.06 bits per heavy atom. The smallest absolute Gasteiger partial charge is 0.152 e. The molecule has 1 aromatic heterocycles. The summed E-state index contributed by atoms with van der Waals surface area (Å²) in [6, 6.07) is 6.65. The van der Waals surface area contributed by atoms with Gasteiger partial charge in [0.15, 0.2) is 6.29 Å². The van der Waals surface area contributed by atoms with Crippen molar-refractivity contribution in [3.63, 3.8) is 0 Å². The number of pyridine rings is 1. The van der Waals surface area contributed by atoms with Crippen molar-refractivity contribution in [3.8, 4) is 11.3 Å². The minimum Gasteiger partial charge on any atom is -0.298 e. The van der Waals surface area contributed by atoms with Crippen LogP contribution in [-0.4, -0.2) is 11.3 Å². The molecule has 0 aliphatic carbocycles. The van der Waals surface area contributed by atoms with Crippen LogP contribution in [0, 0.1) is 0 Å². The lowest BCUT2D eigenvalue weighted by Gasteiger charge is -2.08. The molecule has 0 saturated heterocycles. The average molecular weight is 287 g/mol. The van der Waals surface area contributed by atoms with Crippen molar-refractivity contribution in [2.24, 2.45) is 0 Å². The van der Waals surface area contributed by atoms with E-state index in [9.17, 15) is 4.79 Å². The lowest BCUT2D eigenvalue weighted by molar-refractivity contribution is 0.112. The number of rotatable bonds is 2. The molecule has 0 unspecified atom stereocenters. The summed E-state index contributed by atoms with van der Waals surface area (Å²) in [6.07, 6.45) is 2.31. The number of hydrogen-bond donors (Lipinski definition) is 0. The fraction of sp³-hybridized carbons (Fsp3) is 0. The lowest BCUT2D eigenvalue weighted by Crippen LogP contribution is -1.92. The lowest BCUT2D eigenvalue weighted by atomic mass is 10.1. The van der Waals surface area contributed by atoms with Crippen molar-refractivity contribution < 1.29 is 4.79 Å². The van der Waals surface area contributed by atoms with Crippen molar-refractivity contribution in [2.45, 2.75) is 0 Å². The van der Waals surface area contributed by atoms with E-state index in [0.717, 1.165) is 6.29 Å². The molecule has 0 spiro atoms. The second-order valence-corrected chi connectivity index (χ2v) is 4.45. The fourth-order valence-corrected chi connectivity index (χ4v) is 2.07. The topological polar surface area (TPSA) is 30.0 Å². The van der Waals surface area contributed by atoms with Crippen LogP contribution in [0.25, 0.3) is 11.3 Å². The molecule has 2 nitrogen and oxygen atoms in total. The Bertz CT molecular complexity index is 584. The highest BCUT2D eigenvalue weighted by atomic mass is 35.5. The van der Waals surface area contributed by atoms with Crippen LogP contribution in [-0.2, 0) is 0 Å². The highest BCUT2D eigenvalue weighted by Gasteiger charge is 2.13. The Morgan fingerprint density at radius 3 is 2.53 bits per heavy atom. The molecule has 0 radical (unpaired) electrons. The minimum absolute atomic E-state index is 0.258. The average Bonchev–Trinajstić information content (AvgIpc) is 2.36. The van der Waals surface area contributed by atoms with Gasteiger partial charge < -0.3 is 0 Å². The standard InChI is InChI=1S/C12H6Cl3NO/c13-9-4-3-8(10(14)11(9)15)12-7(6-17)2-1-5-16-12/h1-6H. The number of nitrogens with zero attached hydrogens (tertiary/aromatic N) is 1. The van der Waals surface area contributed by atoms with Gasteiger partial charge in [-0.05, 0) is 24.3 Å². The maximum absolute atomic E-state index is 10.9. The molecule has 2 aromatic rings. The number of halogens is 3. The van der Waals surface area contributed by atoms with Gasteiger partial charge in [-0.1, -0.05) is 34.8 Å². The first-order valence-electron chi connectivity index (χ1n) is 4.69. The van der Waals surface area contributed by atoms with Gasteiger partial charge in [0.1, 0.15) is 0 Å². The van der Waals surface area contributed by atoms with Gasteiger partial charge in [0, 0.05) is 17.3 Å². The first-order valence-corrected chi connectivity index (χ1v) is 5.82. The normalized spacial score (nSPS) is 10.3. The number of carbonyl (C=O) groups excluding carboxylic acids is 1. The third-order valence-corrected chi connectivity index (χ3v) is 3.55. The van der Waals surface area contributed by atoms with Crippen LogP contribution in [0.1, 0.15) is 10.4 Å². The van der Waals surface area contributed by atoms with Gasteiger partial charge >= 0.3 is 0 Å². The number of benzene rings is 1. The van der Waals surface area contributed by atoms with E-state index >= 15 is 0 Å². The number of hydrogen-bond acceptors (Lipinski definition) is 2. The summed E-state index contributed by atoms with van der Waals surface area (Å²) in [6.45, 7) is 0. The van der Waals surface area contributed by atoms with Crippen molar-refractivity contribution in [1.82, 2.24) is 4.98 Å². The molecular formula is C12H6Cl3NO. The molecule has 5 heteroatoms. The second kappa shape index (κ2) is 5.05. The van der Waals surface area contributed by atoms with Crippen molar-refractivity contribution >= 4 is 41.1 Å². The van der Waals surface area contributed by atoms with E-state index in [-0.39, 0.29) is 5.02 Å². The minimum atomic E-state index is 0.258. The maximum atomic E-state index is 10.9. The van der Waals surface area contributed by atoms with Crippen LogP contribution in [0.2, 0.25) is 15.1 Å². The zero-order chi connectivity index (χ0) is 12.4. The molecule has 0 bridgehead atoms. The monoisotopic (exact) mass is 285 g/mol. The first kappa shape index (κ1) is 12.4. The van der Waals surface area contributed by atoms with Gasteiger partial charge in [-0.15, -0.1) is 0 Å². The van der Waals surface area contributed by atoms with Crippen LogP contribution in [0.3, 0.4) is 0 Å². The predicted molar refractivity (Wildman–Crippen MR) is 70.1 cm³/mol. The Kier molecular flexibility index (Phi) is 3.67. The van der Waals surface area contributed by atoms with Crippen LogP contribution >= 0.6 is 34.8 Å². The molecule has 0 amide bonds. The third-order valence-electron chi connectivity index (χ3n) is 2.26. The zero-order valence-electron chi connectivity index (χ0n) is 8.45. The number of carbonyl (C=O) groups is 1. The maximum Gasteiger partial charge on any atom is 0.152 e. The molecule has 1 aromatic carbocycles. The van der Waals surface area contributed by atoms with Crippen molar-refractivity contribution in [1.29, 1.82) is 0 Å². The molecule has 0 aliphatic heterocycles. The fourth-order valence-electron chi connectivity index (χ4n) is 1.45. The van der Waals surface area contributed by atoms with E-state index in [2.05, 4.69) is 4.98 Å². The Morgan fingerprint density at radius 2 is 1.82 bits per heavy atom. The first-order chi connectivity index (χ1) is 8.15. The molecule has 1 heterocycles. The van der Waals surface area contributed by atoms with Gasteiger partial charge in [-0.2, -0.15) is 0 Å². The molecule has 0 saturated carbocycles. The van der Waals surface area contributed by atoms with Gasteiger partial charge in [-0.25, -0.2) is 0 Å². The Labute approximate surface area is 113 Å². The largest absolute Gasteiger partial charge is 0.298 e. The van der Waals surface area contributed by atoms with Crippen LogP contribution < -0.4 is 0 Å². The van der Waals surface area contributed by atoms with E-state index in [0.29, 0.717) is 26.9 Å². The molecule has 0 aliphatic rings. The van der Waals surface area contributed by atoms with Crippen molar-refractivity contribution in [3.05, 3.63) is 51.1 Å². The summed E-state index contributed by atoms with van der Waals surface area (Å²) in [7, 11) is 0. The number of aromatic nitrogens is 1. The van der Waals surface area contributed by atoms with E-state index in [1.165, 1.54) is 0 Å².